The molecule has 0 N–H and O–H groups in total. The van der Waals surface area contributed by atoms with Gasteiger partial charge < -0.3 is 28.6 Å². The van der Waals surface area contributed by atoms with E-state index in [1.807, 2.05) is 67.4 Å². The Labute approximate surface area is 189 Å². The summed E-state index contributed by atoms with van der Waals surface area (Å²) >= 11 is 0. The van der Waals surface area contributed by atoms with Crippen molar-refractivity contribution >= 4 is 22.4 Å². The van der Waals surface area contributed by atoms with E-state index in [1.54, 1.807) is 7.11 Å². The van der Waals surface area contributed by atoms with Crippen LogP contribution in [-0.2, 0) is 14.2 Å². The van der Waals surface area contributed by atoms with Crippen molar-refractivity contribution in [1.29, 1.82) is 0 Å². The third-order valence-electron chi connectivity index (χ3n) is 4.75. The van der Waals surface area contributed by atoms with Crippen LogP contribution in [0.15, 0.2) is 48.5 Å². The molecule has 3 rings (SSSR count). The van der Waals surface area contributed by atoms with Crippen LogP contribution in [0.2, 0.25) is 0 Å². The number of para-hydroxylation sites is 1. The first kappa shape index (κ1) is 23.7. The fourth-order valence-corrected chi connectivity index (χ4v) is 3.06. The monoisotopic (exact) mass is 441 g/mol. The molecule has 8 heteroatoms. The lowest BCUT2D eigenvalue weighted by Crippen LogP contribution is -2.15. The second-order valence-electron chi connectivity index (χ2n) is 6.87. The number of hydrogen-bond acceptors (Lipinski definition) is 8. The minimum atomic E-state index is 0.315. The average molecular weight is 442 g/mol. The van der Waals surface area contributed by atoms with E-state index in [0.717, 1.165) is 28.2 Å². The van der Waals surface area contributed by atoms with E-state index in [-0.39, 0.29) is 0 Å². The van der Waals surface area contributed by atoms with E-state index in [1.165, 1.54) is 0 Å². The lowest BCUT2D eigenvalue weighted by atomic mass is 10.2. The molecule has 172 valence electrons. The number of fused-ring (bicyclic) bond motifs is 1. The second-order valence-corrected chi connectivity index (χ2v) is 6.87. The summed E-state index contributed by atoms with van der Waals surface area (Å²) in [6.07, 6.45) is 0. The molecule has 0 radical (unpaired) electrons. The molecule has 1 aromatic heterocycles. The third kappa shape index (κ3) is 6.78. The zero-order valence-corrected chi connectivity index (χ0v) is 19.0. The van der Waals surface area contributed by atoms with Gasteiger partial charge in [0.05, 0.1) is 45.7 Å². The highest BCUT2D eigenvalue weighted by Crippen LogP contribution is 2.31. The molecule has 0 aliphatic heterocycles. The Bertz CT molecular complexity index is 952. The van der Waals surface area contributed by atoms with E-state index in [9.17, 15) is 0 Å². The van der Waals surface area contributed by atoms with E-state index in [4.69, 9.17) is 23.7 Å². The van der Waals surface area contributed by atoms with Gasteiger partial charge >= 0.3 is 6.01 Å². The highest BCUT2D eigenvalue weighted by Gasteiger charge is 2.14. The van der Waals surface area contributed by atoms with E-state index in [0.29, 0.717) is 52.3 Å². The molecule has 0 spiro atoms. The van der Waals surface area contributed by atoms with Gasteiger partial charge in [0.2, 0.25) is 0 Å². The molecule has 0 unspecified atom stereocenters. The first-order chi connectivity index (χ1) is 15.7. The molecule has 0 bridgehead atoms. The predicted molar refractivity (Wildman–Crippen MR) is 124 cm³/mol. The van der Waals surface area contributed by atoms with Gasteiger partial charge in [-0.3, -0.25) is 0 Å². The standard InChI is InChI=1S/C24H31N3O5/c1-4-29-13-14-30-15-16-31-17-18-32-24-25-22-8-6-5-7-21(22)23(26-24)27(2)19-9-11-20(28-3)12-10-19/h5-12H,4,13-18H2,1-3H3. The molecule has 1 heterocycles. The smallest absolute Gasteiger partial charge is 0.319 e. The zero-order chi connectivity index (χ0) is 22.6. The molecule has 0 fully saturated rings. The molecule has 32 heavy (non-hydrogen) atoms. The van der Waals surface area contributed by atoms with Gasteiger partial charge in [-0.15, -0.1) is 0 Å². The number of hydrogen-bond donors (Lipinski definition) is 0. The van der Waals surface area contributed by atoms with Crippen LogP contribution in [0.25, 0.3) is 10.9 Å². The molecule has 0 aliphatic carbocycles. The van der Waals surface area contributed by atoms with Crippen molar-refractivity contribution in [3.05, 3.63) is 48.5 Å². The summed E-state index contributed by atoms with van der Waals surface area (Å²) in [4.78, 5) is 11.2. The SMILES string of the molecule is CCOCCOCCOCCOc1nc(N(C)c2ccc(OC)cc2)c2ccccc2n1. The Balaban J connectivity index is 1.58. The minimum absolute atomic E-state index is 0.315. The van der Waals surface area contributed by atoms with Crippen LogP contribution in [0, 0.1) is 0 Å². The van der Waals surface area contributed by atoms with Crippen molar-refractivity contribution in [2.75, 3.05) is 65.3 Å². The van der Waals surface area contributed by atoms with Gasteiger partial charge in [0.1, 0.15) is 18.2 Å². The Hall–Kier alpha value is -2.94. The predicted octanol–water partition coefficient (Wildman–Crippen LogP) is 3.85. The highest BCUT2D eigenvalue weighted by atomic mass is 16.6. The molecule has 3 aromatic rings. The van der Waals surface area contributed by atoms with Crippen LogP contribution in [0.4, 0.5) is 11.5 Å². The van der Waals surface area contributed by atoms with Crippen LogP contribution in [0.3, 0.4) is 0 Å². The Morgan fingerprint density at radius 3 is 2.12 bits per heavy atom. The van der Waals surface area contributed by atoms with Crippen molar-refractivity contribution in [3.8, 4) is 11.8 Å². The maximum atomic E-state index is 5.78. The maximum Gasteiger partial charge on any atom is 0.319 e. The number of benzene rings is 2. The van der Waals surface area contributed by atoms with Gasteiger partial charge in [-0.25, -0.2) is 0 Å². The second kappa shape index (κ2) is 12.8. The minimum Gasteiger partial charge on any atom is -0.497 e. The highest BCUT2D eigenvalue weighted by molar-refractivity contribution is 5.91. The Morgan fingerprint density at radius 2 is 1.44 bits per heavy atom. The normalized spacial score (nSPS) is 11.0. The number of anilines is 2. The first-order valence-electron chi connectivity index (χ1n) is 10.7. The summed E-state index contributed by atoms with van der Waals surface area (Å²) in [6.45, 7) is 5.64. The molecule has 0 saturated carbocycles. The molecule has 2 aromatic carbocycles. The van der Waals surface area contributed by atoms with Crippen LogP contribution in [0.5, 0.6) is 11.8 Å². The summed E-state index contributed by atoms with van der Waals surface area (Å²) in [6, 6.07) is 16.0. The number of ether oxygens (including phenoxy) is 5. The van der Waals surface area contributed by atoms with Crippen molar-refractivity contribution in [1.82, 2.24) is 9.97 Å². The summed E-state index contributed by atoms with van der Waals surface area (Å²) in [5.41, 5.74) is 1.80. The van der Waals surface area contributed by atoms with E-state index >= 15 is 0 Å². The van der Waals surface area contributed by atoms with E-state index < -0.39 is 0 Å². The lowest BCUT2D eigenvalue weighted by molar-refractivity contribution is 0.0109. The van der Waals surface area contributed by atoms with Crippen molar-refractivity contribution in [2.24, 2.45) is 0 Å². The largest absolute Gasteiger partial charge is 0.497 e. The Kier molecular flexibility index (Phi) is 9.49. The molecule has 0 aliphatic rings. The summed E-state index contributed by atoms with van der Waals surface area (Å²) in [5, 5.41) is 0.943. The summed E-state index contributed by atoms with van der Waals surface area (Å²) in [5.74, 6) is 1.57. The number of aromatic nitrogens is 2. The topological polar surface area (TPSA) is 75.2 Å². The number of methoxy groups -OCH3 is 1. The van der Waals surface area contributed by atoms with Gasteiger partial charge in [0, 0.05) is 24.7 Å². The van der Waals surface area contributed by atoms with Crippen molar-refractivity contribution in [2.45, 2.75) is 6.92 Å². The summed E-state index contributed by atoms with van der Waals surface area (Å²) in [7, 11) is 3.62. The van der Waals surface area contributed by atoms with Crippen molar-refractivity contribution < 1.29 is 23.7 Å². The fourth-order valence-electron chi connectivity index (χ4n) is 3.06. The first-order valence-corrected chi connectivity index (χ1v) is 10.7. The third-order valence-corrected chi connectivity index (χ3v) is 4.75. The lowest BCUT2D eigenvalue weighted by Gasteiger charge is -2.21. The summed E-state index contributed by atoms with van der Waals surface area (Å²) < 4.78 is 27.2. The maximum absolute atomic E-state index is 5.78. The van der Waals surface area contributed by atoms with Gasteiger partial charge in [-0.05, 0) is 43.3 Å². The average Bonchev–Trinajstić information content (AvgIpc) is 2.84. The number of rotatable bonds is 14. The van der Waals surface area contributed by atoms with Crippen LogP contribution >= 0.6 is 0 Å². The molecule has 0 atom stereocenters. The van der Waals surface area contributed by atoms with Crippen LogP contribution in [0.1, 0.15) is 6.92 Å². The van der Waals surface area contributed by atoms with Crippen LogP contribution < -0.4 is 14.4 Å². The van der Waals surface area contributed by atoms with Crippen molar-refractivity contribution in [3.63, 3.8) is 0 Å². The zero-order valence-electron chi connectivity index (χ0n) is 19.0. The Morgan fingerprint density at radius 1 is 0.781 bits per heavy atom. The number of nitrogens with zero attached hydrogens (tertiary/aromatic N) is 3. The molecular formula is C24H31N3O5. The van der Waals surface area contributed by atoms with Gasteiger partial charge in [-0.1, -0.05) is 12.1 Å². The van der Waals surface area contributed by atoms with Gasteiger partial charge in [-0.2, -0.15) is 9.97 Å². The van der Waals surface area contributed by atoms with Gasteiger partial charge in [0.25, 0.3) is 0 Å². The fraction of sp³-hybridized carbons (Fsp3) is 0.417. The quantitative estimate of drug-likeness (QED) is 0.349. The molecule has 0 amide bonds. The van der Waals surface area contributed by atoms with Gasteiger partial charge in [0.15, 0.2) is 0 Å². The molecule has 0 saturated heterocycles. The molecule has 8 nitrogen and oxygen atoms in total. The van der Waals surface area contributed by atoms with E-state index in [2.05, 4.69) is 9.97 Å². The van der Waals surface area contributed by atoms with Crippen LogP contribution in [-0.4, -0.2) is 70.4 Å². The molecular weight excluding hydrogens is 410 g/mol.